The number of hydrogen-bond donors (Lipinski definition) is 2. The largest absolute Gasteiger partial charge is 0.461 e. The lowest BCUT2D eigenvalue weighted by Crippen LogP contribution is -2.60. The van der Waals surface area contributed by atoms with Crippen molar-refractivity contribution in [3.05, 3.63) is 46.9 Å². The van der Waals surface area contributed by atoms with Gasteiger partial charge in [-0.05, 0) is 76.2 Å². The summed E-state index contributed by atoms with van der Waals surface area (Å²) < 4.78 is 83.6. The normalized spacial score (nSPS) is 22.9. The molecule has 4 aliphatic rings. The van der Waals surface area contributed by atoms with Crippen LogP contribution in [0.1, 0.15) is 63.6 Å². The van der Waals surface area contributed by atoms with E-state index >= 15 is 13.2 Å². The van der Waals surface area contributed by atoms with Crippen LogP contribution in [0.5, 0.6) is 6.01 Å². The number of terminal acetylenes is 1. The Kier molecular flexibility index (Phi) is 8.73. The summed E-state index contributed by atoms with van der Waals surface area (Å²) in [6.45, 7) is 5.97. The average Bonchev–Trinajstić information content (AvgIpc) is 3.68. The van der Waals surface area contributed by atoms with Gasteiger partial charge in [-0.2, -0.15) is 9.97 Å². The molecule has 6 heterocycles. The van der Waals surface area contributed by atoms with Crippen molar-refractivity contribution in [1.29, 1.82) is 0 Å². The van der Waals surface area contributed by atoms with Crippen LogP contribution >= 0.6 is 0 Å². The summed E-state index contributed by atoms with van der Waals surface area (Å²) in [5.41, 5.74) is 5.19. The van der Waals surface area contributed by atoms with Gasteiger partial charge in [-0.1, -0.05) is 19.8 Å². The third-order valence-corrected chi connectivity index (χ3v) is 10.3. The highest BCUT2D eigenvalue weighted by atomic mass is 19.2. The Morgan fingerprint density at radius 1 is 1.04 bits per heavy atom. The fourth-order valence-electron chi connectivity index (χ4n) is 8.14. The summed E-state index contributed by atoms with van der Waals surface area (Å²) in [6, 6.07) is 2.51. The summed E-state index contributed by atoms with van der Waals surface area (Å²) in [5, 5.41) is 2.39. The predicted octanol–water partition coefficient (Wildman–Crippen LogP) is 6.56. The number of nitrogens with zero attached hydrogens (tertiary/aromatic N) is 5. The van der Waals surface area contributed by atoms with E-state index in [1.54, 1.807) is 0 Å². The van der Waals surface area contributed by atoms with Gasteiger partial charge in [-0.15, -0.1) is 6.42 Å². The predicted molar refractivity (Wildman–Crippen MR) is 179 cm³/mol. The Labute approximate surface area is 281 Å². The molecule has 4 aliphatic heterocycles. The first kappa shape index (κ1) is 33.2. The average molecular weight is 680 g/mol. The van der Waals surface area contributed by atoms with Gasteiger partial charge in [0.2, 0.25) is 0 Å². The Bertz CT molecular complexity index is 1970. The number of alkyl halides is 2. The van der Waals surface area contributed by atoms with E-state index in [4.69, 9.17) is 16.9 Å². The van der Waals surface area contributed by atoms with Crippen LogP contribution in [0.15, 0.2) is 18.2 Å². The number of hydrogen-bond acceptors (Lipinski definition) is 8. The molecule has 0 bridgehead atoms. The van der Waals surface area contributed by atoms with Gasteiger partial charge in [-0.25, -0.2) is 26.9 Å². The fraction of sp³-hybridized carbons (Fsp3) is 0.472. The standard InChI is InChI=1S/C34H32F5N7O.C2H6/c1-2-17-20(35)9-8-18-25(17)19(14-21(40)27(18)37)29-28(38)30-26-22(41-29)6-3-7-23-31(39)42-24(36)15-46(23)32(26)44-33(43-30)47-16-34-10-4-12-45(34)13-5-11-34;1-2/h1,8-9,14,23-24,31,42H,3-7,10-13,15-16,40H2;1-2H3. The molecule has 3 N–H and O–H groups in total. The number of aromatic nitrogens is 3. The molecule has 3 saturated heterocycles. The molecule has 3 unspecified atom stereocenters. The number of benzene rings is 2. The molecule has 0 radical (unpaired) electrons. The van der Waals surface area contributed by atoms with Crippen LogP contribution < -0.4 is 20.7 Å². The molecule has 0 spiro atoms. The number of nitrogens with two attached hydrogens (primary N) is 1. The number of ether oxygens (including phenoxy) is 1. The van der Waals surface area contributed by atoms with E-state index in [0.29, 0.717) is 18.5 Å². The Hall–Kier alpha value is -4.28. The van der Waals surface area contributed by atoms with Crippen molar-refractivity contribution in [2.75, 3.05) is 36.9 Å². The number of fused-ring (bicyclic) bond motifs is 4. The number of piperazine rings is 1. The zero-order chi connectivity index (χ0) is 34.6. The lowest BCUT2D eigenvalue weighted by atomic mass is 9.93. The minimum absolute atomic E-state index is 0.00849. The van der Waals surface area contributed by atoms with Gasteiger partial charge in [0.1, 0.15) is 29.5 Å². The molecule has 0 amide bonds. The Morgan fingerprint density at radius 3 is 2.53 bits per heavy atom. The van der Waals surface area contributed by atoms with Crippen molar-refractivity contribution in [2.24, 2.45) is 0 Å². The molecule has 49 heavy (non-hydrogen) atoms. The maximum Gasteiger partial charge on any atom is 0.319 e. The van der Waals surface area contributed by atoms with Crippen LogP contribution in [0.3, 0.4) is 0 Å². The molecule has 3 atom stereocenters. The summed E-state index contributed by atoms with van der Waals surface area (Å²) in [5.74, 6) is -0.159. The lowest BCUT2D eigenvalue weighted by Gasteiger charge is -2.42. The quantitative estimate of drug-likeness (QED) is 0.108. The van der Waals surface area contributed by atoms with Crippen LogP contribution in [0.2, 0.25) is 0 Å². The molecule has 0 aliphatic carbocycles. The Morgan fingerprint density at radius 2 is 1.80 bits per heavy atom. The smallest absolute Gasteiger partial charge is 0.319 e. The monoisotopic (exact) mass is 679 g/mol. The third kappa shape index (κ3) is 5.40. The van der Waals surface area contributed by atoms with Gasteiger partial charge < -0.3 is 15.4 Å². The second-order valence-corrected chi connectivity index (χ2v) is 12.9. The highest BCUT2D eigenvalue weighted by Crippen LogP contribution is 2.43. The van der Waals surface area contributed by atoms with Crippen LogP contribution in [-0.4, -0.2) is 70.3 Å². The first-order chi connectivity index (χ1) is 23.7. The summed E-state index contributed by atoms with van der Waals surface area (Å²) in [6.07, 6.45) is 7.26. The van der Waals surface area contributed by atoms with Crippen LogP contribution in [-0.2, 0) is 6.42 Å². The van der Waals surface area contributed by atoms with Crippen molar-refractivity contribution in [3.63, 3.8) is 0 Å². The molecule has 2 aromatic carbocycles. The van der Waals surface area contributed by atoms with Gasteiger partial charge in [0.25, 0.3) is 0 Å². The number of rotatable bonds is 4. The SMILES string of the molecule is C#Cc1c(F)ccc2c(F)c(N)cc(-c3nc4c5c(nc(OCC67CCCN6CCC7)nc5c3F)N3CC(F)NC(F)C3CCC4)c12.CC. The molecule has 4 aromatic rings. The zero-order valence-electron chi connectivity index (χ0n) is 27.4. The van der Waals surface area contributed by atoms with Crippen molar-refractivity contribution in [1.82, 2.24) is 25.2 Å². The third-order valence-electron chi connectivity index (χ3n) is 10.3. The van der Waals surface area contributed by atoms with Crippen molar-refractivity contribution < 1.29 is 26.7 Å². The molecule has 13 heteroatoms. The van der Waals surface area contributed by atoms with E-state index < -0.39 is 36.1 Å². The molecule has 8 nitrogen and oxygen atoms in total. The number of anilines is 2. The van der Waals surface area contributed by atoms with Gasteiger partial charge >= 0.3 is 6.01 Å². The summed E-state index contributed by atoms with van der Waals surface area (Å²) >= 11 is 0. The maximum atomic E-state index is 17.0. The first-order valence-electron chi connectivity index (χ1n) is 16.9. The number of aryl methyl sites for hydroxylation is 1. The molecule has 0 saturated carbocycles. The Balaban J connectivity index is 0.00000186. The maximum absolute atomic E-state index is 17.0. The number of nitrogens with one attached hydrogen (secondary N) is 1. The van der Waals surface area contributed by atoms with Crippen LogP contribution in [0, 0.1) is 29.8 Å². The van der Waals surface area contributed by atoms with E-state index in [-0.39, 0.29) is 81.1 Å². The van der Waals surface area contributed by atoms with Gasteiger partial charge in [0.15, 0.2) is 24.2 Å². The highest BCUT2D eigenvalue weighted by Gasteiger charge is 2.45. The molecular formula is C36H38F5N7O. The van der Waals surface area contributed by atoms with Gasteiger partial charge in [-0.3, -0.25) is 10.2 Å². The molecule has 3 fully saturated rings. The molecule has 2 aromatic heterocycles. The molecular weight excluding hydrogens is 641 g/mol. The van der Waals surface area contributed by atoms with Gasteiger partial charge in [0.05, 0.1) is 40.5 Å². The van der Waals surface area contributed by atoms with E-state index in [1.165, 1.54) is 17.0 Å². The van der Waals surface area contributed by atoms with Crippen LogP contribution in [0.25, 0.3) is 32.9 Å². The molecule has 8 rings (SSSR count). The van der Waals surface area contributed by atoms with E-state index in [0.717, 1.165) is 44.8 Å². The highest BCUT2D eigenvalue weighted by molar-refractivity contribution is 6.04. The number of halogens is 5. The van der Waals surface area contributed by atoms with Gasteiger partial charge in [0, 0.05) is 16.3 Å². The number of pyridine rings is 1. The minimum atomic E-state index is -1.70. The number of nitrogen functional groups attached to an aromatic ring is 1. The zero-order valence-corrected chi connectivity index (χ0v) is 27.4. The second-order valence-electron chi connectivity index (χ2n) is 12.9. The lowest BCUT2D eigenvalue weighted by molar-refractivity contribution is 0.102. The topological polar surface area (TPSA) is 92.4 Å². The minimum Gasteiger partial charge on any atom is -0.461 e. The van der Waals surface area contributed by atoms with E-state index in [2.05, 4.69) is 31.1 Å². The fourth-order valence-corrected chi connectivity index (χ4v) is 8.14. The van der Waals surface area contributed by atoms with E-state index in [9.17, 15) is 8.78 Å². The van der Waals surface area contributed by atoms with E-state index in [1.807, 2.05) is 13.8 Å². The van der Waals surface area contributed by atoms with Crippen molar-refractivity contribution in [2.45, 2.75) is 83.0 Å². The van der Waals surface area contributed by atoms with Crippen LogP contribution in [0.4, 0.5) is 33.5 Å². The molecule has 258 valence electrons. The first-order valence-corrected chi connectivity index (χ1v) is 16.9. The van der Waals surface area contributed by atoms with Crippen molar-refractivity contribution >= 4 is 33.2 Å². The second kappa shape index (κ2) is 12.9. The summed E-state index contributed by atoms with van der Waals surface area (Å²) in [7, 11) is 0. The van der Waals surface area contributed by atoms with Crippen molar-refractivity contribution in [3.8, 4) is 29.6 Å². The summed E-state index contributed by atoms with van der Waals surface area (Å²) in [4.78, 5) is 17.8.